The Labute approximate surface area is 156 Å². The van der Waals surface area contributed by atoms with Crippen LogP contribution in [-0.4, -0.2) is 33.4 Å². The molecule has 1 heterocycles. The van der Waals surface area contributed by atoms with Crippen LogP contribution in [0.5, 0.6) is 11.5 Å². The maximum Gasteiger partial charge on any atom is 0.179 e. The van der Waals surface area contributed by atoms with Crippen molar-refractivity contribution in [2.75, 3.05) is 33.4 Å². The Morgan fingerprint density at radius 1 is 1.26 bits per heavy atom. The minimum atomic E-state index is 0. The lowest BCUT2D eigenvalue weighted by Crippen LogP contribution is -2.33. The van der Waals surface area contributed by atoms with Gasteiger partial charge in [0.15, 0.2) is 11.5 Å². The number of hydrogen-bond acceptors (Lipinski definition) is 4. The van der Waals surface area contributed by atoms with Gasteiger partial charge in [0.1, 0.15) is 0 Å². The summed E-state index contributed by atoms with van der Waals surface area (Å²) in [6.45, 7) is 6.67. The number of ether oxygens (including phenoxy) is 2. The Hall–Kier alpha value is -0.390. The monoisotopic (exact) mass is 384 g/mol. The van der Waals surface area contributed by atoms with Gasteiger partial charge >= 0.3 is 0 Å². The van der Waals surface area contributed by atoms with E-state index < -0.39 is 0 Å². The second kappa shape index (κ2) is 12.0. The Bertz CT molecular complexity index is 455. The van der Waals surface area contributed by atoms with Gasteiger partial charge in [-0.05, 0) is 63.0 Å². The van der Waals surface area contributed by atoms with Crippen LogP contribution in [0.3, 0.4) is 0 Å². The number of halogens is 3. The smallest absolute Gasteiger partial charge is 0.179 e. The van der Waals surface area contributed by atoms with Crippen molar-refractivity contribution in [2.45, 2.75) is 26.3 Å². The van der Waals surface area contributed by atoms with E-state index in [4.69, 9.17) is 21.1 Å². The highest BCUT2D eigenvalue weighted by atomic mass is 35.5. The molecule has 7 heteroatoms. The summed E-state index contributed by atoms with van der Waals surface area (Å²) in [6.07, 6.45) is 2.50. The van der Waals surface area contributed by atoms with E-state index in [0.29, 0.717) is 23.1 Å². The van der Waals surface area contributed by atoms with E-state index in [1.807, 2.05) is 19.1 Å². The molecule has 23 heavy (non-hydrogen) atoms. The van der Waals surface area contributed by atoms with E-state index >= 15 is 0 Å². The summed E-state index contributed by atoms with van der Waals surface area (Å²) in [7, 11) is 1.61. The van der Waals surface area contributed by atoms with Crippen LogP contribution in [0.4, 0.5) is 0 Å². The van der Waals surface area contributed by atoms with Gasteiger partial charge in [-0.1, -0.05) is 11.6 Å². The molecule has 0 saturated carbocycles. The van der Waals surface area contributed by atoms with Crippen LogP contribution in [-0.2, 0) is 6.54 Å². The highest BCUT2D eigenvalue weighted by Gasteiger charge is 2.14. The molecule has 1 aliphatic heterocycles. The first-order chi connectivity index (χ1) is 10.2. The molecule has 0 unspecified atom stereocenters. The average Bonchev–Trinajstić information content (AvgIpc) is 2.48. The second-order valence-electron chi connectivity index (χ2n) is 5.37. The number of nitrogens with one attached hydrogen (secondary N) is 2. The van der Waals surface area contributed by atoms with Crippen LogP contribution >= 0.6 is 36.4 Å². The van der Waals surface area contributed by atoms with Gasteiger partial charge in [-0.15, -0.1) is 24.8 Å². The average molecular weight is 386 g/mol. The first kappa shape index (κ1) is 22.6. The van der Waals surface area contributed by atoms with Crippen molar-refractivity contribution >= 4 is 36.4 Å². The largest absolute Gasteiger partial charge is 0.491 e. The Morgan fingerprint density at radius 3 is 2.57 bits per heavy atom. The number of hydrogen-bond donors (Lipinski definition) is 2. The molecule has 1 fully saturated rings. The highest BCUT2D eigenvalue weighted by Crippen LogP contribution is 2.36. The van der Waals surface area contributed by atoms with Crippen LogP contribution in [0.1, 0.15) is 25.3 Å². The molecular weight excluding hydrogens is 359 g/mol. The minimum absolute atomic E-state index is 0. The fraction of sp³-hybridized carbons (Fsp3) is 0.625. The molecule has 2 rings (SSSR count). The molecule has 1 aliphatic rings. The zero-order valence-electron chi connectivity index (χ0n) is 13.7. The highest BCUT2D eigenvalue weighted by molar-refractivity contribution is 6.32. The second-order valence-corrected chi connectivity index (χ2v) is 5.77. The predicted octanol–water partition coefficient (Wildman–Crippen LogP) is 3.68. The number of methoxy groups -OCH3 is 1. The van der Waals surface area contributed by atoms with Crippen molar-refractivity contribution < 1.29 is 9.47 Å². The van der Waals surface area contributed by atoms with Crippen molar-refractivity contribution in [3.8, 4) is 11.5 Å². The van der Waals surface area contributed by atoms with Gasteiger partial charge in [0.25, 0.3) is 0 Å². The quantitative estimate of drug-likeness (QED) is 0.751. The van der Waals surface area contributed by atoms with Crippen LogP contribution in [0, 0.1) is 5.92 Å². The lowest BCUT2D eigenvalue weighted by Gasteiger charge is -2.23. The van der Waals surface area contributed by atoms with E-state index in [2.05, 4.69) is 10.6 Å². The molecule has 0 spiro atoms. The van der Waals surface area contributed by atoms with E-state index in [1.54, 1.807) is 7.11 Å². The topological polar surface area (TPSA) is 42.5 Å². The first-order valence-corrected chi connectivity index (χ1v) is 8.03. The van der Waals surface area contributed by atoms with Crippen LogP contribution < -0.4 is 20.1 Å². The summed E-state index contributed by atoms with van der Waals surface area (Å²) in [5.41, 5.74) is 1.12. The summed E-state index contributed by atoms with van der Waals surface area (Å²) in [4.78, 5) is 0. The molecule has 0 amide bonds. The van der Waals surface area contributed by atoms with Crippen LogP contribution in [0.2, 0.25) is 5.02 Å². The van der Waals surface area contributed by atoms with Gasteiger partial charge in [0.05, 0.1) is 18.7 Å². The predicted molar refractivity (Wildman–Crippen MR) is 101 cm³/mol. The molecule has 0 radical (unpaired) electrons. The van der Waals surface area contributed by atoms with E-state index in [9.17, 15) is 0 Å². The molecule has 1 aromatic carbocycles. The molecule has 134 valence electrons. The van der Waals surface area contributed by atoms with Crippen LogP contribution in [0.25, 0.3) is 0 Å². The Balaban J connectivity index is 0.00000242. The molecule has 4 nitrogen and oxygen atoms in total. The third-order valence-corrected chi connectivity index (χ3v) is 4.07. The van der Waals surface area contributed by atoms with Gasteiger partial charge in [-0.2, -0.15) is 0 Å². The lowest BCUT2D eigenvalue weighted by atomic mass is 9.98. The molecule has 0 bridgehead atoms. The summed E-state index contributed by atoms with van der Waals surface area (Å²) in [5, 5.41) is 7.51. The van der Waals surface area contributed by atoms with Crippen LogP contribution in [0.15, 0.2) is 12.1 Å². The van der Waals surface area contributed by atoms with Gasteiger partial charge in [0.2, 0.25) is 0 Å². The minimum Gasteiger partial charge on any atom is -0.491 e. The first-order valence-electron chi connectivity index (χ1n) is 7.65. The number of piperidine rings is 1. The van der Waals surface area contributed by atoms with Gasteiger partial charge in [-0.3, -0.25) is 0 Å². The van der Waals surface area contributed by atoms with Crippen molar-refractivity contribution in [1.29, 1.82) is 0 Å². The SMILES string of the molecule is CCOc1cc(CNCC2CCNCC2)cc(Cl)c1OC.Cl.Cl. The number of benzene rings is 1. The van der Waals surface area contributed by atoms with E-state index in [-0.39, 0.29) is 24.8 Å². The van der Waals surface area contributed by atoms with E-state index in [1.165, 1.54) is 12.8 Å². The van der Waals surface area contributed by atoms with Gasteiger partial charge in [0, 0.05) is 6.54 Å². The normalized spacial score (nSPS) is 14.6. The third kappa shape index (κ3) is 6.94. The number of rotatable bonds is 7. The standard InChI is InChI=1S/C16H25ClN2O2.2ClH/c1-3-21-15-9-13(8-14(17)16(15)20-2)11-19-10-12-4-6-18-7-5-12;;/h8-9,12,18-19H,3-7,10-11H2,1-2H3;2*1H. The van der Waals surface area contributed by atoms with Crippen molar-refractivity contribution in [2.24, 2.45) is 5.92 Å². The molecule has 0 aliphatic carbocycles. The summed E-state index contributed by atoms with van der Waals surface area (Å²) in [6, 6.07) is 3.95. The van der Waals surface area contributed by atoms with Crippen molar-refractivity contribution in [3.63, 3.8) is 0 Å². The summed E-state index contributed by atoms with van der Waals surface area (Å²) in [5.74, 6) is 2.10. The molecule has 1 aromatic rings. The molecular formula is C16H27Cl3N2O2. The third-order valence-electron chi connectivity index (χ3n) is 3.79. The molecule has 1 saturated heterocycles. The summed E-state index contributed by atoms with van der Waals surface area (Å²) >= 11 is 6.26. The Morgan fingerprint density at radius 2 is 1.96 bits per heavy atom. The summed E-state index contributed by atoms with van der Waals surface area (Å²) < 4.78 is 10.9. The molecule has 0 atom stereocenters. The van der Waals surface area contributed by atoms with Crippen molar-refractivity contribution in [3.05, 3.63) is 22.7 Å². The van der Waals surface area contributed by atoms with Gasteiger partial charge in [-0.25, -0.2) is 0 Å². The maximum atomic E-state index is 6.26. The zero-order chi connectivity index (χ0) is 15.1. The fourth-order valence-electron chi connectivity index (χ4n) is 2.69. The van der Waals surface area contributed by atoms with Crippen molar-refractivity contribution in [1.82, 2.24) is 10.6 Å². The zero-order valence-corrected chi connectivity index (χ0v) is 16.1. The van der Waals surface area contributed by atoms with E-state index in [0.717, 1.165) is 37.7 Å². The van der Waals surface area contributed by atoms with Gasteiger partial charge < -0.3 is 20.1 Å². The Kier molecular flexibility index (Phi) is 11.8. The molecule has 0 aromatic heterocycles. The lowest BCUT2D eigenvalue weighted by molar-refractivity contribution is 0.310. The maximum absolute atomic E-state index is 6.26. The molecule has 2 N–H and O–H groups in total. The fourth-order valence-corrected chi connectivity index (χ4v) is 3.00.